The molecule has 94 valence electrons. The van der Waals surface area contributed by atoms with E-state index in [-0.39, 0.29) is 0 Å². The van der Waals surface area contributed by atoms with Gasteiger partial charge in [0.25, 0.3) is 0 Å². The Morgan fingerprint density at radius 2 is 1.94 bits per heavy atom. The van der Waals surface area contributed by atoms with Crippen LogP contribution in [0.4, 0.5) is 0 Å². The lowest BCUT2D eigenvalue weighted by Gasteiger charge is -2.24. The average molecular weight is 254 g/mol. The van der Waals surface area contributed by atoms with Crippen molar-refractivity contribution in [1.82, 2.24) is 0 Å². The molecule has 1 heterocycles. The molecular formula is C13H20NO2S+. The zero-order valence-electron chi connectivity index (χ0n) is 10.5. The lowest BCUT2D eigenvalue weighted by Crippen LogP contribution is -3.12. The van der Waals surface area contributed by atoms with Crippen LogP contribution in [0.2, 0.25) is 0 Å². The maximum atomic E-state index is 5.41. The first kappa shape index (κ1) is 12.6. The topological polar surface area (TPSA) is 22.9 Å². The second-order valence-corrected chi connectivity index (χ2v) is 5.44. The first-order valence-electron chi connectivity index (χ1n) is 5.95. The molecule has 1 aliphatic heterocycles. The molecule has 1 saturated heterocycles. The van der Waals surface area contributed by atoms with Gasteiger partial charge >= 0.3 is 0 Å². The summed E-state index contributed by atoms with van der Waals surface area (Å²) in [6.45, 7) is 3.51. The smallest absolute Gasteiger partial charge is 0.127 e. The standard InChI is InChI=1S/C13H19NO2S/c1-15-12-3-4-13(16-2)11(9-12)10-14-5-7-17-8-6-14/h3-4,9H,5-8,10H2,1-2H3/p+1. The van der Waals surface area contributed by atoms with Crippen molar-refractivity contribution in [2.75, 3.05) is 38.8 Å². The van der Waals surface area contributed by atoms with E-state index in [0.29, 0.717) is 0 Å². The van der Waals surface area contributed by atoms with Crippen LogP contribution in [0.5, 0.6) is 11.5 Å². The molecule has 0 saturated carbocycles. The number of quaternary nitrogens is 1. The Morgan fingerprint density at radius 3 is 2.59 bits per heavy atom. The third kappa shape index (κ3) is 3.30. The van der Waals surface area contributed by atoms with Crippen LogP contribution in [0.3, 0.4) is 0 Å². The largest absolute Gasteiger partial charge is 0.497 e. The number of ether oxygens (including phenoxy) is 2. The van der Waals surface area contributed by atoms with Crippen molar-refractivity contribution >= 4 is 11.8 Å². The molecule has 3 nitrogen and oxygen atoms in total. The van der Waals surface area contributed by atoms with Gasteiger partial charge in [-0.05, 0) is 18.2 Å². The number of thioether (sulfide) groups is 1. The van der Waals surface area contributed by atoms with Gasteiger partial charge in [0.15, 0.2) is 0 Å². The highest BCUT2D eigenvalue weighted by molar-refractivity contribution is 7.99. The van der Waals surface area contributed by atoms with Gasteiger partial charge in [0.1, 0.15) is 18.0 Å². The molecule has 1 N–H and O–H groups in total. The normalized spacial score (nSPS) is 16.8. The number of methoxy groups -OCH3 is 2. The lowest BCUT2D eigenvalue weighted by molar-refractivity contribution is -0.910. The highest BCUT2D eigenvalue weighted by Gasteiger charge is 2.16. The molecule has 0 amide bonds. The fraction of sp³-hybridized carbons (Fsp3) is 0.538. The van der Waals surface area contributed by atoms with Gasteiger partial charge in [-0.2, -0.15) is 11.8 Å². The first-order valence-corrected chi connectivity index (χ1v) is 7.11. The van der Waals surface area contributed by atoms with Gasteiger partial charge in [0.05, 0.1) is 32.9 Å². The SMILES string of the molecule is COc1ccc(OC)c(C[NH+]2CCSCC2)c1. The molecule has 2 rings (SSSR count). The van der Waals surface area contributed by atoms with E-state index >= 15 is 0 Å². The number of nitrogens with one attached hydrogen (secondary N) is 1. The highest BCUT2D eigenvalue weighted by atomic mass is 32.2. The van der Waals surface area contributed by atoms with Gasteiger partial charge in [-0.1, -0.05) is 0 Å². The molecule has 0 spiro atoms. The number of hydrogen-bond donors (Lipinski definition) is 1. The maximum Gasteiger partial charge on any atom is 0.127 e. The van der Waals surface area contributed by atoms with Crippen molar-refractivity contribution in [2.45, 2.75) is 6.54 Å². The zero-order chi connectivity index (χ0) is 12.1. The Bertz CT molecular complexity index is 364. The summed E-state index contributed by atoms with van der Waals surface area (Å²) in [6, 6.07) is 6.03. The van der Waals surface area contributed by atoms with E-state index < -0.39 is 0 Å². The molecule has 4 heteroatoms. The summed E-state index contributed by atoms with van der Waals surface area (Å²) in [5, 5.41) is 0. The number of rotatable bonds is 4. The Hall–Kier alpha value is -0.870. The summed E-state index contributed by atoms with van der Waals surface area (Å²) in [4.78, 5) is 1.63. The van der Waals surface area contributed by atoms with Crippen LogP contribution in [-0.4, -0.2) is 38.8 Å². The third-order valence-electron chi connectivity index (χ3n) is 3.13. The van der Waals surface area contributed by atoms with Crippen LogP contribution in [0.15, 0.2) is 18.2 Å². The van der Waals surface area contributed by atoms with Gasteiger partial charge in [0, 0.05) is 11.5 Å². The summed E-state index contributed by atoms with van der Waals surface area (Å²) in [7, 11) is 3.43. The number of benzene rings is 1. The predicted octanol–water partition coefficient (Wildman–Crippen LogP) is 0.836. The van der Waals surface area contributed by atoms with Gasteiger partial charge in [-0.3, -0.25) is 0 Å². The molecule has 0 bridgehead atoms. The van der Waals surface area contributed by atoms with E-state index in [1.807, 2.05) is 12.1 Å². The predicted molar refractivity (Wildman–Crippen MR) is 71.3 cm³/mol. The Kier molecular flexibility index (Phi) is 4.57. The Balaban J connectivity index is 2.11. The van der Waals surface area contributed by atoms with Crippen LogP contribution in [0.1, 0.15) is 5.56 Å². The summed E-state index contributed by atoms with van der Waals surface area (Å²) >= 11 is 2.05. The summed E-state index contributed by atoms with van der Waals surface area (Å²) < 4.78 is 10.7. The molecule has 1 aromatic rings. The second-order valence-electron chi connectivity index (χ2n) is 4.22. The summed E-state index contributed by atoms with van der Waals surface area (Å²) in [6.07, 6.45) is 0. The highest BCUT2D eigenvalue weighted by Crippen LogP contribution is 2.23. The molecule has 0 aromatic heterocycles. The first-order chi connectivity index (χ1) is 8.33. The molecule has 1 fully saturated rings. The fourth-order valence-electron chi connectivity index (χ4n) is 2.13. The zero-order valence-corrected chi connectivity index (χ0v) is 11.3. The Morgan fingerprint density at radius 1 is 1.18 bits per heavy atom. The van der Waals surface area contributed by atoms with Crippen LogP contribution in [0.25, 0.3) is 0 Å². The van der Waals surface area contributed by atoms with Gasteiger partial charge < -0.3 is 14.4 Å². The van der Waals surface area contributed by atoms with Crippen molar-refractivity contribution in [3.05, 3.63) is 23.8 Å². The number of hydrogen-bond acceptors (Lipinski definition) is 3. The monoisotopic (exact) mass is 254 g/mol. The van der Waals surface area contributed by atoms with Crippen LogP contribution >= 0.6 is 11.8 Å². The van der Waals surface area contributed by atoms with Crippen LogP contribution in [0, 0.1) is 0 Å². The third-order valence-corrected chi connectivity index (χ3v) is 4.11. The quantitative estimate of drug-likeness (QED) is 0.861. The minimum absolute atomic E-state index is 0.909. The average Bonchev–Trinajstić information content (AvgIpc) is 2.40. The minimum Gasteiger partial charge on any atom is -0.497 e. The van der Waals surface area contributed by atoms with Gasteiger partial charge in [0.2, 0.25) is 0 Å². The minimum atomic E-state index is 0.909. The molecular weight excluding hydrogens is 234 g/mol. The van der Waals surface area contributed by atoms with E-state index in [1.165, 1.54) is 30.2 Å². The van der Waals surface area contributed by atoms with Crippen molar-refractivity contribution < 1.29 is 14.4 Å². The van der Waals surface area contributed by atoms with Crippen LogP contribution in [-0.2, 0) is 6.54 Å². The van der Waals surface area contributed by atoms with Crippen molar-refractivity contribution in [2.24, 2.45) is 0 Å². The Labute approximate surface area is 107 Å². The molecule has 1 aromatic carbocycles. The van der Waals surface area contributed by atoms with E-state index in [2.05, 4.69) is 17.8 Å². The molecule has 17 heavy (non-hydrogen) atoms. The fourth-order valence-corrected chi connectivity index (χ4v) is 3.20. The van der Waals surface area contributed by atoms with E-state index in [1.54, 1.807) is 19.1 Å². The molecule has 1 aliphatic rings. The van der Waals surface area contributed by atoms with Gasteiger partial charge in [-0.15, -0.1) is 0 Å². The molecule has 0 aliphatic carbocycles. The molecule has 0 unspecified atom stereocenters. The molecule has 0 radical (unpaired) electrons. The van der Waals surface area contributed by atoms with Crippen LogP contribution < -0.4 is 14.4 Å². The maximum absolute atomic E-state index is 5.41. The summed E-state index contributed by atoms with van der Waals surface area (Å²) in [5.74, 6) is 4.41. The van der Waals surface area contributed by atoms with Crippen molar-refractivity contribution in [3.8, 4) is 11.5 Å². The van der Waals surface area contributed by atoms with Gasteiger partial charge in [-0.25, -0.2) is 0 Å². The summed E-state index contributed by atoms with van der Waals surface area (Å²) in [5.41, 5.74) is 1.24. The van der Waals surface area contributed by atoms with E-state index in [9.17, 15) is 0 Å². The van der Waals surface area contributed by atoms with Crippen molar-refractivity contribution in [1.29, 1.82) is 0 Å². The molecule has 0 atom stereocenters. The second kappa shape index (κ2) is 6.17. The van der Waals surface area contributed by atoms with E-state index in [0.717, 1.165) is 18.0 Å². The van der Waals surface area contributed by atoms with Crippen molar-refractivity contribution in [3.63, 3.8) is 0 Å². The lowest BCUT2D eigenvalue weighted by atomic mass is 10.1. The van der Waals surface area contributed by atoms with E-state index in [4.69, 9.17) is 9.47 Å².